The topological polar surface area (TPSA) is 62.2 Å². The summed E-state index contributed by atoms with van der Waals surface area (Å²) in [6, 6.07) is 0. The average molecular weight is 321 g/mol. The summed E-state index contributed by atoms with van der Waals surface area (Å²) in [6.07, 6.45) is 1.11. The van der Waals surface area contributed by atoms with Crippen LogP contribution in [0.1, 0.15) is 26.7 Å². The fourth-order valence-electron chi connectivity index (χ4n) is 1.72. The molecule has 96 valence electrons. The summed E-state index contributed by atoms with van der Waals surface area (Å²) < 4.78 is 0.809. The molecule has 0 saturated carbocycles. The Balaban J connectivity index is 2.45. The molecule has 0 aliphatic carbocycles. The van der Waals surface area contributed by atoms with Gasteiger partial charge in [-0.1, -0.05) is 13.8 Å². The number of carboxylic acids is 1. The largest absolute Gasteiger partial charge is 0.481 e. The third kappa shape index (κ3) is 6.02. The van der Waals surface area contributed by atoms with Gasteiger partial charge < -0.3 is 10.4 Å². The summed E-state index contributed by atoms with van der Waals surface area (Å²) in [4.78, 5) is 15.0. The van der Waals surface area contributed by atoms with Gasteiger partial charge in [-0.15, -0.1) is 11.3 Å². The molecule has 1 heterocycles. The van der Waals surface area contributed by atoms with Gasteiger partial charge in [0.25, 0.3) is 0 Å². The van der Waals surface area contributed by atoms with Crippen molar-refractivity contribution in [3.05, 3.63) is 9.98 Å². The number of nitrogens with zero attached hydrogens (tertiary/aromatic N) is 1. The highest BCUT2D eigenvalue weighted by Gasteiger charge is 2.15. The molecular weight excluding hydrogens is 304 g/mol. The zero-order valence-electron chi connectivity index (χ0n) is 9.94. The first-order valence-electron chi connectivity index (χ1n) is 5.54. The minimum atomic E-state index is -0.738. The highest BCUT2D eigenvalue weighted by molar-refractivity contribution is 9.10. The van der Waals surface area contributed by atoms with Gasteiger partial charge in [-0.2, -0.15) is 0 Å². The zero-order chi connectivity index (χ0) is 12.8. The van der Waals surface area contributed by atoms with Gasteiger partial charge in [0.1, 0.15) is 4.60 Å². The Morgan fingerprint density at radius 1 is 1.65 bits per heavy atom. The number of nitrogens with one attached hydrogen (secondary N) is 1. The van der Waals surface area contributed by atoms with Crippen LogP contribution in [0.3, 0.4) is 0 Å². The molecule has 0 aliphatic rings. The van der Waals surface area contributed by atoms with Crippen molar-refractivity contribution >= 4 is 38.4 Å². The maximum absolute atomic E-state index is 10.8. The van der Waals surface area contributed by atoms with Crippen LogP contribution in [0.5, 0.6) is 0 Å². The van der Waals surface area contributed by atoms with E-state index in [9.17, 15) is 4.79 Å². The Morgan fingerprint density at radius 3 is 2.82 bits per heavy atom. The van der Waals surface area contributed by atoms with Crippen LogP contribution in [0.2, 0.25) is 0 Å². The third-order valence-electron chi connectivity index (χ3n) is 2.29. The van der Waals surface area contributed by atoms with Crippen molar-refractivity contribution in [2.75, 3.05) is 11.9 Å². The zero-order valence-corrected chi connectivity index (χ0v) is 12.3. The lowest BCUT2D eigenvalue weighted by atomic mass is 9.94. The smallest absolute Gasteiger partial charge is 0.303 e. The van der Waals surface area contributed by atoms with Crippen molar-refractivity contribution < 1.29 is 9.90 Å². The average Bonchev–Trinajstić information content (AvgIpc) is 2.59. The second kappa shape index (κ2) is 6.96. The molecule has 0 radical (unpaired) electrons. The molecule has 1 atom stereocenters. The van der Waals surface area contributed by atoms with E-state index in [1.54, 1.807) is 0 Å². The predicted octanol–water partition coefficient (Wildman–Crippen LogP) is 3.45. The molecule has 17 heavy (non-hydrogen) atoms. The highest BCUT2D eigenvalue weighted by atomic mass is 79.9. The maximum atomic E-state index is 10.8. The SMILES string of the molecule is CC(C)CC(CNc1nc(Br)cs1)CC(=O)O. The van der Waals surface area contributed by atoms with Crippen LogP contribution in [0.15, 0.2) is 9.98 Å². The first-order chi connectivity index (χ1) is 7.97. The van der Waals surface area contributed by atoms with E-state index in [4.69, 9.17) is 5.11 Å². The third-order valence-corrected chi connectivity index (χ3v) is 3.80. The number of rotatable bonds is 7. The number of hydrogen-bond donors (Lipinski definition) is 2. The number of anilines is 1. The van der Waals surface area contributed by atoms with Crippen molar-refractivity contribution in [2.24, 2.45) is 11.8 Å². The van der Waals surface area contributed by atoms with Crippen LogP contribution in [0.4, 0.5) is 5.13 Å². The van der Waals surface area contributed by atoms with E-state index in [0.29, 0.717) is 12.5 Å². The number of thiazole rings is 1. The van der Waals surface area contributed by atoms with Crippen LogP contribution in [-0.4, -0.2) is 22.6 Å². The van der Waals surface area contributed by atoms with Crippen LogP contribution in [0, 0.1) is 11.8 Å². The van der Waals surface area contributed by atoms with Gasteiger partial charge in [0, 0.05) is 18.3 Å². The molecule has 0 bridgehead atoms. The summed E-state index contributed by atoms with van der Waals surface area (Å²) in [5, 5.41) is 14.8. The number of carbonyl (C=O) groups is 1. The lowest BCUT2D eigenvalue weighted by molar-refractivity contribution is -0.138. The van der Waals surface area contributed by atoms with Gasteiger partial charge in [0.05, 0.1) is 0 Å². The minimum Gasteiger partial charge on any atom is -0.481 e. The molecule has 0 saturated heterocycles. The Labute approximate surface area is 114 Å². The number of halogens is 1. The number of carboxylic acid groups (broad SMARTS) is 1. The van der Waals surface area contributed by atoms with Gasteiger partial charge >= 0.3 is 5.97 Å². The Bertz CT molecular complexity index is 368. The van der Waals surface area contributed by atoms with E-state index >= 15 is 0 Å². The van der Waals surface area contributed by atoms with E-state index in [0.717, 1.165) is 16.2 Å². The summed E-state index contributed by atoms with van der Waals surface area (Å²) in [7, 11) is 0. The van der Waals surface area contributed by atoms with Crippen molar-refractivity contribution in [2.45, 2.75) is 26.7 Å². The molecule has 2 N–H and O–H groups in total. The quantitative estimate of drug-likeness (QED) is 0.807. The number of aliphatic carboxylic acids is 1. The van der Waals surface area contributed by atoms with Gasteiger partial charge in [-0.3, -0.25) is 4.79 Å². The molecule has 0 spiro atoms. The number of aromatic nitrogens is 1. The van der Waals surface area contributed by atoms with Crippen LogP contribution in [0.25, 0.3) is 0 Å². The Morgan fingerprint density at radius 2 is 2.35 bits per heavy atom. The van der Waals surface area contributed by atoms with Gasteiger partial charge in [-0.25, -0.2) is 4.98 Å². The standard InChI is InChI=1S/C11H17BrN2O2S/c1-7(2)3-8(4-10(15)16)5-13-11-14-9(12)6-17-11/h6-8H,3-5H2,1-2H3,(H,13,14)(H,15,16). The van der Waals surface area contributed by atoms with E-state index in [2.05, 4.69) is 40.1 Å². The van der Waals surface area contributed by atoms with Gasteiger partial charge in [0.15, 0.2) is 5.13 Å². The fraction of sp³-hybridized carbons (Fsp3) is 0.636. The summed E-state index contributed by atoms with van der Waals surface area (Å²) in [5.74, 6) is -0.0860. The molecule has 0 amide bonds. The van der Waals surface area contributed by atoms with Crippen molar-refractivity contribution in [1.29, 1.82) is 0 Å². The summed E-state index contributed by atoms with van der Waals surface area (Å²) >= 11 is 4.80. The normalized spacial score (nSPS) is 12.7. The lowest BCUT2D eigenvalue weighted by Gasteiger charge is -2.17. The second-order valence-corrected chi connectivity index (χ2v) is 6.12. The monoisotopic (exact) mass is 320 g/mol. The maximum Gasteiger partial charge on any atom is 0.303 e. The molecule has 1 rings (SSSR count). The van der Waals surface area contributed by atoms with Crippen LogP contribution in [-0.2, 0) is 4.79 Å². The van der Waals surface area contributed by atoms with E-state index in [1.807, 2.05) is 5.38 Å². The van der Waals surface area contributed by atoms with E-state index in [-0.39, 0.29) is 12.3 Å². The minimum absolute atomic E-state index is 0.148. The molecule has 6 heteroatoms. The molecule has 0 fully saturated rings. The van der Waals surface area contributed by atoms with Crippen LogP contribution >= 0.6 is 27.3 Å². The molecular formula is C11H17BrN2O2S. The molecule has 0 aliphatic heterocycles. The second-order valence-electron chi connectivity index (χ2n) is 4.45. The molecule has 0 aromatic carbocycles. The first kappa shape index (κ1) is 14.4. The molecule has 1 unspecified atom stereocenters. The summed E-state index contributed by atoms with van der Waals surface area (Å²) in [5.41, 5.74) is 0. The lowest BCUT2D eigenvalue weighted by Crippen LogP contribution is -2.19. The van der Waals surface area contributed by atoms with Crippen molar-refractivity contribution in [3.63, 3.8) is 0 Å². The summed E-state index contributed by atoms with van der Waals surface area (Å²) in [6.45, 7) is 4.87. The molecule has 4 nitrogen and oxygen atoms in total. The Hall–Kier alpha value is -0.620. The van der Waals surface area contributed by atoms with Gasteiger partial charge in [-0.05, 0) is 34.2 Å². The van der Waals surface area contributed by atoms with Crippen LogP contribution < -0.4 is 5.32 Å². The predicted molar refractivity (Wildman–Crippen MR) is 73.5 cm³/mol. The first-order valence-corrected chi connectivity index (χ1v) is 7.21. The van der Waals surface area contributed by atoms with Crippen molar-refractivity contribution in [3.8, 4) is 0 Å². The molecule has 1 aromatic rings. The van der Waals surface area contributed by atoms with Gasteiger partial charge in [0.2, 0.25) is 0 Å². The highest BCUT2D eigenvalue weighted by Crippen LogP contribution is 2.21. The Kier molecular flexibility index (Phi) is 5.91. The van der Waals surface area contributed by atoms with E-state index in [1.165, 1.54) is 11.3 Å². The molecule has 1 aromatic heterocycles. The number of hydrogen-bond acceptors (Lipinski definition) is 4. The van der Waals surface area contributed by atoms with Crippen molar-refractivity contribution in [1.82, 2.24) is 4.98 Å². The van der Waals surface area contributed by atoms with E-state index < -0.39 is 5.97 Å². The fourth-order valence-corrected chi connectivity index (χ4v) is 2.87.